The molecule has 2 rings (SSSR count). The molecule has 1 aromatic rings. The van der Waals surface area contributed by atoms with Crippen molar-refractivity contribution in [2.75, 3.05) is 18.0 Å². The second kappa shape index (κ2) is 4.57. The Morgan fingerprint density at radius 3 is 2.94 bits per heavy atom. The number of anilines is 1. The minimum atomic E-state index is -0.189. The molecule has 1 fully saturated rings. The van der Waals surface area contributed by atoms with Gasteiger partial charge in [-0.3, -0.25) is 5.41 Å². The zero-order valence-electron chi connectivity index (χ0n) is 11.1. The van der Waals surface area contributed by atoms with Gasteiger partial charge < -0.3 is 15.4 Å². The Hall–Kier alpha value is -1.62. The predicted molar refractivity (Wildman–Crippen MR) is 72.1 cm³/mol. The van der Waals surface area contributed by atoms with E-state index < -0.39 is 0 Å². The van der Waals surface area contributed by atoms with Crippen molar-refractivity contribution in [2.24, 2.45) is 5.73 Å². The minimum Gasteiger partial charge on any atom is -0.384 e. The average Bonchev–Trinajstić information content (AvgIpc) is 2.26. The maximum absolute atomic E-state index is 7.47. The van der Waals surface area contributed by atoms with Crippen LogP contribution in [0.1, 0.15) is 26.3 Å². The monoisotopic (exact) mass is 248 g/mol. The summed E-state index contributed by atoms with van der Waals surface area (Å²) in [6, 6.07) is 3.61. The lowest BCUT2D eigenvalue weighted by atomic mass is 10.1. The number of nitrogens with zero attached hydrogens (tertiary/aromatic N) is 2. The maximum atomic E-state index is 7.47. The van der Waals surface area contributed by atoms with Crippen LogP contribution >= 0.6 is 0 Å². The molecule has 1 unspecified atom stereocenters. The summed E-state index contributed by atoms with van der Waals surface area (Å²) in [5.41, 5.74) is 6.02. The van der Waals surface area contributed by atoms with E-state index in [1.807, 2.05) is 6.07 Å². The largest absolute Gasteiger partial charge is 0.384 e. The number of ether oxygens (including phenoxy) is 1. The van der Waals surface area contributed by atoms with E-state index in [0.717, 1.165) is 18.9 Å². The summed E-state index contributed by atoms with van der Waals surface area (Å²) in [7, 11) is 0. The first-order valence-electron chi connectivity index (χ1n) is 6.10. The lowest BCUT2D eigenvalue weighted by Crippen LogP contribution is -2.52. The van der Waals surface area contributed by atoms with E-state index in [-0.39, 0.29) is 17.5 Å². The van der Waals surface area contributed by atoms with Crippen molar-refractivity contribution in [3.8, 4) is 0 Å². The number of nitrogens with two attached hydrogens (primary N) is 1. The highest BCUT2D eigenvalue weighted by atomic mass is 16.5. The number of morpholine rings is 1. The highest BCUT2D eigenvalue weighted by molar-refractivity contribution is 5.95. The van der Waals surface area contributed by atoms with Crippen LogP contribution in [0.25, 0.3) is 0 Å². The maximum Gasteiger partial charge on any atom is 0.129 e. The number of nitrogens with one attached hydrogen (secondary N) is 1. The number of hydrogen-bond acceptors (Lipinski definition) is 4. The molecule has 1 atom stereocenters. The highest BCUT2D eigenvalue weighted by Crippen LogP contribution is 2.24. The van der Waals surface area contributed by atoms with Crippen LogP contribution in [0, 0.1) is 5.41 Å². The molecular weight excluding hydrogens is 228 g/mol. The molecule has 1 aliphatic rings. The zero-order chi connectivity index (χ0) is 13.3. The number of rotatable bonds is 2. The molecule has 1 aliphatic heterocycles. The van der Waals surface area contributed by atoms with E-state index in [1.165, 1.54) is 0 Å². The van der Waals surface area contributed by atoms with Gasteiger partial charge in [-0.2, -0.15) is 0 Å². The summed E-state index contributed by atoms with van der Waals surface area (Å²) in [6.07, 6.45) is 1.86. The van der Waals surface area contributed by atoms with E-state index in [4.69, 9.17) is 15.9 Å². The van der Waals surface area contributed by atoms with Crippen LogP contribution in [0.3, 0.4) is 0 Å². The van der Waals surface area contributed by atoms with Crippen LogP contribution in [-0.2, 0) is 4.74 Å². The molecule has 5 nitrogen and oxygen atoms in total. The molecule has 0 radical (unpaired) electrons. The third-order valence-electron chi connectivity index (χ3n) is 2.95. The van der Waals surface area contributed by atoms with E-state index in [1.54, 1.807) is 12.3 Å². The third kappa shape index (κ3) is 2.79. The van der Waals surface area contributed by atoms with Crippen molar-refractivity contribution in [1.82, 2.24) is 4.98 Å². The van der Waals surface area contributed by atoms with Crippen molar-refractivity contribution >= 4 is 11.7 Å². The van der Waals surface area contributed by atoms with Crippen LogP contribution in [-0.4, -0.2) is 35.6 Å². The van der Waals surface area contributed by atoms with Crippen LogP contribution < -0.4 is 10.6 Å². The Morgan fingerprint density at radius 1 is 1.61 bits per heavy atom. The van der Waals surface area contributed by atoms with E-state index >= 15 is 0 Å². The molecule has 0 amide bonds. The summed E-state index contributed by atoms with van der Waals surface area (Å²) >= 11 is 0. The van der Waals surface area contributed by atoms with Crippen LogP contribution in [0.2, 0.25) is 0 Å². The fraction of sp³-hybridized carbons (Fsp3) is 0.538. The Balaban J connectivity index is 2.25. The fourth-order valence-electron chi connectivity index (χ4n) is 2.39. The summed E-state index contributed by atoms with van der Waals surface area (Å²) in [5.74, 6) is 0.921. The van der Waals surface area contributed by atoms with Gasteiger partial charge in [-0.25, -0.2) is 4.98 Å². The molecule has 0 aliphatic carbocycles. The summed E-state index contributed by atoms with van der Waals surface area (Å²) < 4.78 is 5.87. The quantitative estimate of drug-likeness (QED) is 0.612. The first-order valence-corrected chi connectivity index (χ1v) is 6.10. The number of hydrogen-bond donors (Lipinski definition) is 2. The van der Waals surface area contributed by atoms with Crippen molar-refractivity contribution in [3.63, 3.8) is 0 Å². The molecule has 0 saturated carbocycles. The standard InChI is InChI=1S/C13H20N4O/c1-9-7-17(8-13(2,3)18-9)11-6-10(12(14)15)4-5-16-11/h4-6,9H,7-8H2,1-3H3,(H3,14,15). The van der Waals surface area contributed by atoms with Gasteiger partial charge in [0.2, 0.25) is 0 Å². The van der Waals surface area contributed by atoms with Crippen molar-refractivity contribution < 1.29 is 4.74 Å². The smallest absolute Gasteiger partial charge is 0.129 e. The predicted octanol–water partition coefficient (Wildman–Crippen LogP) is 1.37. The van der Waals surface area contributed by atoms with Gasteiger partial charge in [0.15, 0.2) is 0 Å². The first kappa shape index (κ1) is 12.8. The Morgan fingerprint density at radius 2 is 2.33 bits per heavy atom. The molecule has 2 heterocycles. The SMILES string of the molecule is CC1CN(c2cc(C(=N)N)ccn2)CC(C)(C)O1. The van der Waals surface area contributed by atoms with Crippen LogP contribution in [0.5, 0.6) is 0 Å². The van der Waals surface area contributed by atoms with Gasteiger partial charge in [-0.05, 0) is 32.9 Å². The molecule has 1 saturated heterocycles. The second-order valence-electron chi connectivity index (χ2n) is 5.39. The van der Waals surface area contributed by atoms with Gasteiger partial charge in [0.1, 0.15) is 11.7 Å². The lowest BCUT2D eigenvalue weighted by molar-refractivity contribution is -0.0751. The van der Waals surface area contributed by atoms with Gasteiger partial charge in [0, 0.05) is 24.8 Å². The van der Waals surface area contributed by atoms with E-state index in [0.29, 0.717) is 5.56 Å². The normalized spacial score (nSPS) is 22.8. The van der Waals surface area contributed by atoms with Gasteiger partial charge >= 0.3 is 0 Å². The van der Waals surface area contributed by atoms with Crippen LogP contribution in [0.15, 0.2) is 18.3 Å². The minimum absolute atomic E-state index is 0.0687. The summed E-state index contributed by atoms with van der Waals surface area (Å²) in [4.78, 5) is 6.54. The van der Waals surface area contributed by atoms with Crippen LogP contribution in [0.4, 0.5) is 5.82 Å². The number of nitrogen functional groups attached to an aromatic ring is 1. The molecule has 0 spiro atoms. The molecule has 3 N–H and O–H groups in total. The van der Waals surface area contributed by atoms with Gasteiger partial charge in [-0.15, -0.1) is 0 Å². The Bertz CT molecular complexity index is 458. The van der Waals surface area contributed by atoms with Crippen molar-refractivity contribution in [1.29, 1.82) is 5.41 Å². The Labute approximate surface area is 107 Å². The van der Waals surface area contributed by atoms with E-state index in [2.05, 4.69) is 30.7 Å². The van der Waals surface area contributed by atoms with Crippen molar-refractivity contribution in [3.05, 3.63) is 23.9 Å². The van der Waals surface area contributed by atoms with Gasteiger partial charge in [0.25, 0.3) is 0 Å². The molecule has 98 valence electrons. The topological polar surface area (TPSA) is 75.2 Å². The third-order valence-corrected chi connectivity index (χ3v) is 2.95. The molecule has 5 heteroatoms. The fourth-order valence-corrected chi connectivity index (χ4v) is 2.39. The highest BCUT2D eigenvalue weighted by Gasteiger charge is 2.31. The molecule has 18 heavy (non-hydrogen) atoms. The number of amidine groups is 1. The van der Waals surface area contributed by atoms with Crippen molar-refractivity contribution in [2.45, 2.75) is 32.5 Å². The molecule has 0 bridgehead atoms. The summed E-state index contributed by atoms with van der Waals surface area (Å²) in [6.45, 7) is 7.79. The second-order valence-corrected chi connectivity index (χ2v) is 5.39. The van der Waals surface area contributed by atoms with E-state index in [9.17, 15) is 0 Å². The number of pyridine rings is 1. The molecule has 0 aromatic carbocycles. The average molecular weight is 248 g/mol. The summed E-state index contributed by atoms with van der Waals surface area (Å²) in [5, 5.41) is 7.47. The zero-order valence-corrected chi connectivity index (χ0v) is 11.1. The molecule has 1 aromatic heterocycles. The van der Waals surface area contributed by atoms with Gasteiger partial charge in [0.05, 0.1) is 11.7 Å². The van der Waals surface area contributed by atoms with Gasteiger partial charge in [-0.1, -0.05) is 0 Å². The Kier molecular flexibility index (Phi) is 3.26. The first-order chi connectivity index (χ1) is 8.37. The molecular formula is C13H20N4O. The lowest BCUT2D eigenvalue weighted by Gasteiger charge is -2.42. The number of aromatic nitrogens is 1.